The van der Waals surface area contributed by atoms with Gasteiger partial charge in [-0.3, -0.25) is 4.79 Å². The van der Waals surface area contributed by atoms with Crippen LogP contribution in [0.25, 0.3) is 11.0 Å². The van der Waals surface area contributed by atoms with Gasteiger partial charge in [-0.1, -0.05) is 19.4 Å². The van der Waals surface area contributed by atoms with Gasteiger partial charge < -0.3 is 15.0 Å². The molecule has 0 aliphatic carbocycles. The standard InChI is InChI=1S/C26H25FN4O2/c1-4-6-19-10-11-21-22(13-14-28-25(21)29-19)30-23-16-18(27)9-12-24(23)33-20-8-5-7-17(15-20)26(32)31(2)3/h5,7-16H,4,6H2,1-3H3,(H,28,29,30). The Morgan fingerprint density at radius 1 is 1.06 bits per heavy atom. The molecule has 4 aromatic rings. The smallest absolute Gasteiger partial charge is 0.253 e. The quantitative estimate of drug-likeness (QED) is 0.381. The average molecular weight is 445 g/mol. The van der Waals surface area contributed by atoms with E-state index in [9.17, 15) is 9.18 Å². The maximum atomic E-state index is 14.1. The number of nitrogens with one attached hydrogen (secondary N) is 1. The van der Waals surface area contributed by atoms with E-state index in [-0.39, 0.29) is 5.91 Å². The fourth-order valence-corrected chi connectivity index (χ4v) is 3.48. The highest BCUT2D eigenvalue weighted by atomic mass is 19.1. The largest absolute Gasteiger partial charge is 0.455 e. The zero-order valence-corrected chi connectivity index (χ0v) is 18.8. The lowest BCUT2D eigenvalue weighted by Crippen LogP contribution is -2.21. The minimum absolute atomic E-state index is 0.129. The van der Waals surface area contributed by atoms with E-state index < -0.39 is 5.82 Å². The molecule has 0 atom stereocenters. The van der Waals surface area contributed by atoms with E-state index in [1.807, 2.05) is 18.2 Å². The molecule has 0 radical (unpaired) electrons. The van der Waals surface area contributed by atoms with Crippen molar-refractivity contribution in [3.05, 3.63) is 83.9 Å². The molecule has 7 heteroatoms. The molecule has 0 fully saturated rings. The van der Waals surface area contributed by atoms with Crippen LogP contribution in [-0.2, 0) is 6.42 Å². The predicted molar refractivity (Wildman–Crippen MR) is 128 cm³/mol. The van der Waals surface area contributed by atoms with Gasteiger partial charge in [-0.25, -0.2) is 14.4 Å². The summed E-state index contributed by atoms with van der Waals surface area (Å²) in [7, 11) is 3.38. The lowest BCUT2D eigenvalue weighted by Gasteiger charge is -2.16. The Kier molecular flexibility index (Phi) is 6.49. The number of rotatable bonds is 7. The van der Waals surface area contributed by atoms with Crippen molar-refractivity contribution in [2.24, 2.45) is 0 Å². The summed E-state index contributed by atoms with van der Waals surface area (Å²) < 4.78 is 20.2. The molecule has 2 heterocycles. The van der Waals surface area contributed by atoms with Crippen molar-refractivity contribution in [3.8, 4) is 11.5 Å². The Labute approximate surface area is 192 Å². The van der Waals surface area contributed by atoms with Gasteiger partial charge in [-0.15, -0.1) is 0 Å². The molecule has 0 aliphatic heterocycles. The van der Waals surface area contributed by atoms with Gasteiger partial charge in [0.25, 0.3) is 5.91 Å². The number of hydrogen-bond acceptors (Lipinski definition) is 5. The summed E-state index contributed by atoms with van der Waals surface area (Å²) in [6.45, 7) is 2.11. The van der Waals surface area contributed by atoms with Crippen LogP contribution in [0.2, 0.25) is 0 Å². The number of hydrogen-bond donors (Lipinski definition) is 1. The van der Waals surface area contributed by atoms with E-state index in [2.05, 4.69) is 22.2 Å². The predicted octanol–water partition coefficient (Wildman–Crippen LogP) is 5.96. The summed E-state index contributed by atoms with van der Waals surface area (Å²) in [6, 6.07) is 16.9. The molecule has 2 aromatic heterocycles. The Bertz CT molecular complexity index is 1310. The molecule has 1 amide bonds. The third kappa shape index (κ3) is 5.09. The zero-order chi connectivity index (χ0) is 23.4. The Morgan fingerprint density at radius 3 is 2.70 bits per heavy atom. The molecule has 0 saturated heterocycles. The topological polar surface area (TPSA) is 67.3 Å². The molecule has 33 heavy (non-hydrogen) atoms. The van der Waals surface area contributed by atoms with Gasteiger partial charge in [0, 0.05) is 43.0 Å². The second-order valence-electron chi connectivity index (χ2n) is 7.88. The van der Waals surface area contributed by atoms with Crippen molar-refractivity contribution in [1.82, 2.24) is 14.9 Å². The van der Waals surface area contributed by atoms with Crippen LogP contribution in [-0.4, -0.2) is 34.9 Å². The number of ether oxygens (including phenoxy) is 1. The number of nitrogens with zero attached hydrogens (tertiary/aromatic N) is 3. The molecule has 0 bridgehead atoms. The van der Waals surface area contributed by atoms with Crippen molar-refractivity contribution < 1.29 is 13.9 Å². The highest BCUT2D eigenvalue weighted by Crippen LogP contribution is 2.34. The molecule has 2 aromatic carbocycles. The van der Waals surface area contributed by atoms with E-state index in [4.69, 9.17) is 4.74 Å². The van der Waals surface area contributed by atoms with Crippen LogP contribution < -0.4 is 10.1 Å². The number of benzene rings is 2. The first kappa shape index (κ1) is 22.2. The number of halogens is 1. The van der Waals surface area contributed by atoms with Crippen LogP contribution in [0.3, 0.4) is 0 Å². The first-order chi connectivity index (χ1) is 15.9. The summed E-state index contributed by atoms with van der Waals surface area (Å²) in [5.41, 5.74) is 3.30. The minimum Gasteiger partial charge on any atom is -0.455 e. The summed E-state index contributed by atoms with van der Waals surface area (Å²) in [5.74, 6) is 0.369. The number of aromatic nitrogens is 2. The molecule has 0 saturated carbocycles. The highest BCUT2D eigenvalue weighted by molar-refractivity contribution is 5.94. The fourth-order valence-electron chi connectivity index (χ4n) is 3.48. The molecule has 4 rings (SSSR count). The Hall–Kier alpha value is -4.00. The number of anilines is 2. The van der Waals surface area contributed by atoms with E-state index in [0.717, 1.165) is 29.6 Å². The zero-order valence-electron chi connectivity index (χ0n) is 18.8. The highest BCUT2D eigenvalue weighted by Gasteiger charge is 2.13. The lowest BCUT2D eigenvalue weighted by atomic mass is 10.1. The van der Waals surface area contributed by atoms with Crippen LogP contribution in [0.4, 0.5) is 15.8 Å². The number of carbonyl (C=O) groups excluding carboxylic acids is 1. The SMILES string of the molecule is CCCc1ccc2c(Nc3cc(F)ccc3Oc3cccc(C(=O)N(C)C)c3)ccnc2n1. The van der Waals surface area contributed by atoms with Gasteiger partial charge in [-0.05, 0) is 55.0 Å². The molecule has 0 spiro atoms. The van der Waals surface area contributed by atoms with Gasteiger partial charge >= 0.3 is 0 Å². The van der Waals surface area contributed by atoms with Crippen LogP contribution in [0.1, 0.15) is 29.4 Å². The van der Waals surface area contributed by atoms with Gasteiger partial charge in [0.05, 0.1) is 11.4 Å². The molecule has 0 aliphatic rings. The van der Waals surface area contributed by atoms with E-state index in [1.54, 1.807) is 50.6 Å². The first-order valence-electron chi connectivity index (χ1n) is 10.8. The second-order valence-corrected chi connectivity index (χ2v) is 7.88. The number of carbonyl (C=O) groups is 1. The molecular weight excluding hydrogens is 419 g/mol. The number of pyridine rings is 2. The lowest BCUT2D eigenvalue weighted by molar-refractivity contribution is 0.0827. The summed E-state index contributed by atoms with van der Waals surface area (Å²) in [5, 5.41) is 4.09. The summed E-state index contributed by atoms with van der Waals surface area (Å²) in [4.78, 5) is 22.8. The second kappa shape index (κ2) is 9.65. The van der Waals surface area contributed by atoms with Crippen molar-refractivity contribution >= 4 is 28.3 Å². The molecule has 1 N–H and O–H groups in total. The van der Waals surface area contributed by atoms with Crippen LogP contribution in [0.15, 0.2) is 66.9 Å². The number of aryl methyl sites for hydroxylation is 1. The summed E-state index contributed by atoms with van der Waals surface area (Å²) >= 11 is 0. The average Bonchev–Trinajstić information content (AvgIpc) is 2.81. The van der Waals surface area contributed by atoms with Gasteiger partial charge in [0.1, 0.15) is 11.6 Å². The Balaban J connectivity index is 1.66. The monoisotopic (exact) mass is 444 g/mol. The number of fused-ring (bicyclic) bond motifs is 1. The number of amides is 1. The van der Waals surface area contributed by atoms with Crippen LogP contribution in [0, 0.1) is 5.82 Å². The maximum absolute atomic E-state index is 14.1. The molecule has 6 nitrogen and oxygen atoms in total. The van der Waals surface area contributed by atoms with E-state index in [0.29, 0.717) is 28.4 Å². The van der Waals surface area contributed by atoms with Crippen molar-refractivity contribution in [1.29, 1.82) is 0 Å². The van der Waals surface area contributed by atoms with Gasteiger partial charge in [-0.2, -0.15) is 0 Å². The van der Waals surface area contributed by atoms with E-state index >= 15 is 0 Å². The van der Waals surface area contributed by atoms with Crippen molar-refractivity contribution in [2.45, 2.75) is 19.8 Å². The van der Waals surface area contributed by atoms with Crippen molar-refractivity contribution in [3.63, 3.8) is 0 Å². The summed E-state index contributed by atoms with van der Waals surface area (Å²) in [6.07, 6.45) is 3.55. The molecular formula is C26H25FN4O2. The third-order valence-corrected chi connectivity index (χ3v) is 5.09. The van der Waals surface area contributed by atoms with Gasteiger partial charge in [0.15, 0.2) is 11.4 Å². The van der Waals surface area contributed by atoms with Crippen LogP contribution in [0.5, 0.6) is 11.5 Å². The Morgan fingerprint density at radius 2 is 1.91 bits per heavy atom. The van der Waals surface area contributed by atoms with Gasteiger partial charge in [0.2, 0.25) is 0 Å². The fraction of sp³-hybridized carbons (Fsp3) is 0.192. The third-order valence-electron chi connectivity index (χ3n) is 5.09. The van der Waals surface area contributed by atoms with E-state index in [1.165, 1.54) is 17.0 Å². The maximum Gasteiger partial charge on any atom is 0.253 e. The van der Waals surface area contributed by atoms with Crippen LogP contribution >= 0.6 is 0 Å². The normalized spacial score (nSPS) is 10.8. The molecule has 168 valence electrons. The van der Waals surface area contributed by atoms with Crippen molar-refractivity contribution in [2.75, 3.05) is 19.4 Å². The molecule has 0 unspecified atom stereocenters. The minimum atomic E-state index is -0.400. The first-order valence-corrected chi connectivity index (χ1v) is 10.8.